The Labute approximate surface area is 127 Å². The number of carboxylic acid groups (broad SMARTS) is 1. The van der Waals surface area contributed by atoms with Crippen LogP contribution in [0.4, 0.5) is 4.79 Å². The van der Waals surface area contributed by atoms with E-state index < -0.39 is 36.7 Å². The number of nitrogens with one attached hydrogen (secondary N) is 2. The van der Waals surface area contributed by atoms with E-state index in [9.17, 15) is 19.5 Å². The zero-order chi connectivity index (χ0) is 16.5. The standard InChI is InChI=1S/C14H18N2O6/c1-9(13(19)20)15-12(18)11(7-17)16-14(21)22-8-10-5-3-2-4-6-10/h2-6,9,11,17H,7-8H2,1H3,(H,15,18)(H,16,21)(H,19,20)/p-1/t9-,11+/m0/s1. The van der Waals surface area contributed by atoms with Crippen LogP contribution in [0.3, 0.4) is 0 Å². The Hall–Kier alpha value is -2.61. The topological polar surface area (TPSA) is 128 Å². The fourth-order valence-corrected chi connectivity index (χ4v) is 1.47. The van der Waals surface area contributed by atoms with Gasteiger partial charge in [0.05, 0.1) is 18.6 Å². The van der Waals surface area contributed by atoms with E-state index in [1.165, 1.54) is 6.92 Å². The number of aliphatic hydroxyl groups excluding tert-OH is 1. The minimum absolute atomic E-state index is 0.00187. The number of hydrogen-bond acceptors (Lipinski definition) is 6. The van der Waals surface area contributed by atoms with Crippen molar-refractivity contribution in [3.05, 3.63) is 35.9 Å². The number of hydrogen-bond donors (Lipinski definition) is 3. The number of carbonyl (C=O) groups excluding carboxylic acids is 3. The van der Waals surface area contributed by atoms with E-state index in [1.54, 1.807) is 24.3 Å². The van der Waals surface area contributed by atoms with Gasteiger partial charge in [-0.1, -0.05) is 30.3 Å². The fraction of sp³-hybridized carbons (Fsp3) is 0.357. The summed E-state index contributed by atoms with van der Waals surface area (Å²) in [6, 6.07) is 6.32. The quantitative estimate of drug-likeness (QED) is 0.564. The first-order valence-corrected chi connectivity index (χ1v) is 6.53. The molecule has 1 aromatic carbocycles. The summed E-state index contributed by atoms with van der Waals surface area (Å²) in [7, 11) is 0. The number of rotatable bonds is 7. The van der Waals surface area contributed by atoms with Crippen LogP contribution in [0.15, 0.2) is 30.3 Å². The summed E-state index contributed by atoms with van der Waals surface area (Å²) in [5.41, 5.74) is 0.758. The number of carbonyl (C=O) groups is 3. The Balaban J connectivity index is 2.45. The lowest BCUT2D eigenvalue weighted by atomic mass is 10.2. The summed E-state index contributed by atoms with van der Waals surface area (Å²) in [4.78, 5) is 33.7. The summed E-state index contributed by atoms with van der Waals surface area (Å²) in [5, 5.41) is 23.8. The zero-order valence-corrected chi connectivity index (χ0v) is 11.9. The smallest absolute Gasteiger partial charge is 0.408 e. The molecule has 0 radical (unpaired) electrons. The molecule has 8 heteroatoms. The lowest BCUT2D eigenvalue weighted by Gasteiger charge is -2.20. The maximum absolute atomic E-state index is 11.7. The van der Waals surface area contributed by atoms with Crippen molar-refractivity contribution in [1.82, 2.24) is 10.6 Å². The van der Waals surface area contributed by atoms with Gasteiger partial charge in [0, 0.05) is 0 Å². The third kappa shape index (κ3) is 5.80. The molecule has 3 N–H and O–H groups in total. The Kier molecular flexibility index (Phi) is 6.84. The molecule has 0 spiro atoms. The van der Waals surface area contributed by atoms with E-state index >= 15 is 0 Å². The molecule has 0 aromatic heterocycles. The second kappa shape index (κ2) is 8.63. The van der Waals surface area contributed by atoms with Gasteiger partial charge in [-0.15, -0.1) is 0 Å². The molecule has 0 bridgehead atoms. The molecular weight excluding hydrogens is 292 g/mol. The molecule has 0 fully saturated rings. The Morgan fingerprint density at radius 1 is 1.23 bits per heavy atom. The van der Waals surface area contributed by atoms with E-state index in [0.29, 0.717) is 0 Å². The number of benzene rings is 1. The SMILES string of the molecule is C[C@H](NC(=O)[C@@H](CO)NC(=O)OCc1ccccc1)C(=O)[O-]. The van der Waals surface area contributed by atoms with Crippen molar-refractivity contribution in [2.24, 2.45) is 0 Å². The highest BCUT2D eigenvalue weighted by molar-refractivity contribution is 5.88. The molecule has 0 aliphatic heterocycles. The van der Waals surface area contributed by atoms with E-state index in [0.717, 1.165) is 5.56 Å². The molecule has 8 nitrogen and oxygen atoms in total. The Morgan fingerprint density at radius 2 is 1.86 bits per heavy atom. The highest BCUT2D eigenvalue weighted by Gasteiger charge is 2.22. The predicted octanol–water partition coefficient (Wildman–Crippen LogP) is -1.47. The van der Waals surface area contributed by atoms with Gasteiger partial charge in [0.15, 0.2) is 0 Å². The summed E-state index contributed by atoms with van der Waals surface area (Å²) < 4.78 is 4.89. The van der Waals surface area contributed by atoms with Gasteiger partial charge in [-0.2, -0.15) is 0 Å². The van der Waals surface area contributed by atoms with Gasteiger partial charge in [-0.25, -0.2) is 4.79 Å². The number of ether oxygens (including phenoxy) is 1. The van der Waals surface area contributed by atoms with Crippen LogP contribution in [0.5, 0.6) is 0 Å². The number of aliphatic carboxylic acids is 1. The van der Waals surface area contributed by atoms with Crippen molar-refractivity contribution >= 4 is 18.0 Å². The van der Waals surface area contributed by atoms with Crippen LogP contribution in [0.2, 0.25) is 0 Å². The summed E-state index contributed by atoms with van der Waals surface area (Å²) >= 11 is 0. The van der Waals surface area contributed by atoms with Crippen LogP contribution in [-0.2, 0) is 20.9 Å². The number of alkyl carbamates (subject to hydrolysis) is 1. The molecule has 120 valence electrons. The van der Waals surface area contributed by atoms with E-state index in [-0.39, 0.29) is 6.61 Å². The number of aliphatic hydroxyl groups is 1. The summed E-state index contributed by atoms with van der Waals surface area (Å²) in [6.45, 7) is 0.503. The highest BCUT2D eigenvalue weighted by Crippen LogP contribution is 2.00. The average Bonchev–Trinajstić information content (AvgIpc) is 2.51. The predicted molar refractivity (Wildman–Crippen MR) is 73.2 cm³/mol. The monoisotopic (exact) mass is 309 g/mol. The van der Waals surface area contributed by atoms with Crippen LogP contribution in [0.1, 0.15) is 12.5 Å². The van der Waals surface area contributed by atoms with Crippen molar-refractivity contribution in [1.29, 1.82) is 0 Å². The second-order valence-electron chi connectivity index (χ2n) is 4.49. The third-order valence-corrected chi connectivity index (χ3v) is 2.72. The van der Waals surface area contributed by atoms with Crippen LogP contribution < -0.4 is 15.7 Å². The minimum atomic E-state index is -1.48. The van der Waals surface area contributed by atoms with Crippen LogP contribution in [0, 0.1) is 0 Å². The normalized spacial score (nSPS) is 12.8. The van der Waals surface area contributed by atoms with Gasteiger partial charge < -0.3 is 30.4 Å². The van der Waals surface area contributed by atoms with E-state index in [4.69, 9.17) is 9.84 Å². The Bertz CT molecular complexity index is 519. The molecule has 0 heterocycles. The first-order chi connectivity index (χ1) is 10.4. The lowest BCUT2D eigenvalue weighted by Crippen LogP contribution is -2.54. The van der Waals surface area contributed by atoms with Gasteiger partial charge in [0.25, 0.3) is 0 Å². The molecular formula is C14H17N2O6-. The maximum atomic E-state index is 11.7. The van der Waals surface area contributed by atoms with Gasteiger partial charge in [-0.3, -0.25) is 4.79 Å². The molecule has 2 atom stereocenters. The number of amides is 2. The first-order valence-electron chi connectivity index (χ1n) is 6.53. The lowest BCUT2D eigenvalue weighted by molar-refractivity contribution is -0.307. The van der Waals surface area contributed by atoms with Crippen LogP contribution in [-0.4, -0.2) is 41.8 Å². The minimum Gasteiger partial charge on any atom is -0.548 e. The van der Waals surface area contributed by atoms with Crippen molar-refractivity contribution in [2.45, 2.75) is 25.6 Å². The van der Waals surface area contributed by atoms with E-state index in [1.807, 2.05) is 6.07 Å². The van der Waals surface area contributed by atoms with Gasteiger partial charge in [0.1, 0.15) is 12.6 Å². The Morgan fingerprint density at radius 3 is 2.41 bits per heavy atom. The molecule has 0 aliphatic rings. The van der Waals surface area contributed by atoms with Crippen molar-refractivity contribution in [2.75, 3.05) is 6.61 Å². The van der Waals surface area contributed by atoms with Crippen molar-refractivity contribution in [3.63, 3.8) is 0 Å². The largest absolute Gasteiger partial charge is 0.548 e. The maximum Gasteiger partial charge on any atom is 0.408 e. The summed E-state index contributed by atoms with van der Waals surface area (Å²) in [6.07, 6.45) is -0.904. The fourth-order valence-electron chi connectivity index (χ4n) is 1.47. The van der Waals surface area contributed by atoms with Crippen LogP contribution in [0.25, 0.3) is 0 Å². The zero-order valence-electron chi connectivity index (χ0n) is 11.9. The van der Waals surface area contributed by atoms with Gasteiger partial charge in [-0.05, 0) is 12.5 Å². The molecule has 0 saturated heterocycles. The third-order valence-electron chi connectivity index (χ3n) is 2.72. The van der Waals surface area contributed by atoms with E-state index in [2.05, 4.69) is 10.6 Å². The highest BCUT2D eigenvalue weighted by atomic mass is 16.5. The van der Waals surface area contributed by atoms with Gasteiger partial charge in [0.2, 0.25) is 5.91 Å². The molecule has 1 aromatic rings. The van der Waals surface area contributed by atoms with Gasteiger partial charge >= 0.3 is 6.09 Å². The van der Waals surface area contributed by atoms with Crippen molar-refractivity contribution < 1.29 is 29.3 Å². The molecule has 2 amide bonds. The first kappa shape index (κ1) is 17.4. The summed E-state index contributed by atoms with van der Waals surface area (Å²) in [5.74, 6) is -2.33. The molecule has 0 aliphatic carbocycles. The molecule has 1 rings (SSSR count). The average molecular weight is 309 g/mol. The van der Waals surface area contributed by atoms with Crippen molar-refractivity contribution in [3.8, 4) is 0 Å². The molecule has 0 saturated carbocycles. The number of carboxylic acids is 1. The van der Waals surface area contributed by atoms with Crippen LogP contribution >= 0.6 is 0 Å². The molecule has 0 unspecified atom stereocenters. The second-order valence-corrected chi connectivity index (χ2v) is 4.49. The molecule has 22 heavy (non-hydrogen) atoms.